The molecular formula is C11H4Cl4FN. The van der Waals surface area contributed by atoms with E-state index in [4.69, 9.17) is 46.4 Å². The Morgan fingerprint density at radius 2 is 1.65 bits per heavy atom. The lowest BCUT2D eigenvalue weighted by Gasteiger charge is -2.07. The SMILES string of the molecule is Fc1nc(Cl)ccc1-c1cc(Cl)cc(Cl)c1Cl. The van der Waals surface area contributed by atoms with Crippen molar-refractivity contribution in [1.82, 2.24) is 4.98 Å². The minimum atomic E-state index is -0.724. The molecule has 0 N–H and O–H groups in total. The normalized spacial score (nSPS) is 10.6. The molecule has 0 aliphatic carbocycles. The molecule has 1 heterocycles. The summed E-state index contributed by atoms with van der Waals surface area (Å²) in [5, 5.41) is 0.904. The topological polar surface area (TPSA) is 12.9 Å². The molecular weight excluding hydrogens is 307 g/mol. The first-order valence-corrected chi connectivity index (χ1v) is 5.97. The number of benzene rings is 1. The number of hydrogen-bond donors (Lipinski definition) is 0. The number of rotatable bonds is 1. The minimum Gasteiger partial charge on any atom is -0.207 e. The van der Waals surface area contributed by atoms with Crippen molar-refractivity contribution in [3.63, 3.8) is 0 Å². The highest BCUT2D eigenvalue weighted by Gasteiger charge is 2.14. The highest BCUT2D eigenvalue weighted by Crippen LogP contribution is 2.37. The molecule has 2 rings (SSSR count). The molecule has 0 fully saturated rings. The lowest BCUT2D eigenvalue weighted by atomic mass is 10.1. The molecule has 0 amide bonds. The zero-order chi connectivity index (χ0) is 12.6. The van der Waals surface area contributed by atoms with Gasteiger partial charge in [-0.05, 0) is 24.3 Å². The van der Waals surface area contributed by atoms with Crippen LogP contribution in [-0.4, -0.2) is 4.98 Å². The van der Waals surface area contributed by atoms with Crippen molar-refractivity contribution in [2.75, 3.05) is 0 Å². The molecule has 0 aliphatic rings. The summed E-state index contributed by atoms with van der Waals surface area (Å²) in [4.78, 5) is 3.50. The zero-order valence-corrected chi connectivity index (χ0v) is 11.2. The predicted octanol–water partition coefficient (Wildman–Crippen LogP) is 5.50. The van der Waals surface area contributed by atoms with Crippen molar-refractivity contribution in [3.05, 3.63) is 50.4 Å². The zero-order valence-electron chi connectivity index (χ0n) is 8.15. The second-order valence-corrected chi connectivity index (χ2v) is 4.83. The van der Waals surface area contributed by atoms with Gasteiger partial charge in [0.1, 0.15) is 5.15 Å². The van der Waals surface area contributed by atoms with Gasteiger partial charge in [-0.3, -0.25) is 0 Å². The molecule has 0 aliphatic heterocycles. The average Bonchev–Trinajstić information content (AvgIpc) is 2.24. The number of aromatic nitrogens is 1. The fraction of sp³-hybridized carbons (Fsp3) is 0. The van der Waals surface area contributed by atoms with Crippen molar-refractivity contribution >= 4 is 46.4 Å². The first kappa shape index (κ1) is 12.9. The van der Waals surface area contributed by atoms with Gasteiger partial charge in [0.05, 0.1) is 10.0 Å². The second-order valence-electron chi connectivity index (χ2n) is 3.22. The van der Waals surface area contributed by atoms with Crippen molar-refractivity contribution < 1.29 is 4.39 Å². The monoisotopic (exact) mass is 309 g/mol. The van der Waals surface area contributed by atoms with Gasteiger partial charge in [-0.25, -0.2) is 4.98 Å². The molecule has 2 aromatic rings. The standard InChI is InChI=1S/C11H4Cl4FN/c12-5-3-7(10(15)8(13)4-5)6-1-2-9(14)17-11(6)16/h1-4H. The van der Waals surface area contributed by atoms with E-state index in [1.54, 1.807) is 0 Å². The van der Waals surface area contributed by atoms with Crippen LogP contribution in [-0.2, 0) is 0 Å². The maximum Gasteiger partial charge on any atom is 0.222 e. The fourth-order valence-corrected chi connectivity index (χ4v) is 2.21. The summed E-state index contributed by atoms with van der Waals surface area (Å²) in [6.07, 6.45) is 0. The van der Waals surface area contributed by atoms with Gasteiger partial charge in [-0.15, -0.1) is 0 Å². The quantitative estimate of drug-likeness (QED) is 0.500. The molecule has 88 valence electrons. The van der Waals surface area contributed by atoms with Crippen molar-refractivity contribution in [3.8, 4) is 11.1 Å². The molecule has 1 aromatic heterocycles. The van der Waals surface area contributed by atoms with Crippen LogP contribution in [0.5, 0.6) is 0 Å². The molecule has 6 heteroatoms. The van der Waals surface area contributed by atoms with E-state index in [1.807, 2.05) is 0 Å². The molecule has 0 bridgehead atoms. The van der Waals surface area contributed by atoms with E-state index < -0.39 is 5.95 Å². The first-order chi connectivity index (χ1) is 7.99. The molecule has 17 heavy (non-hydrogen) atoms. The van der Waals surface area contributed by atoms with E-state index >= 15 is 0 Å². The third-order valence-electron chi connectivity index (χ3n) is 2.10. The summed E-state index contributed by atoms with van der Waals surface area (Å²) in [5.41, 5.74) is 0.578. The van der Waals surface area contributed by atoms with Crippen LogP contribution in [0.1, 0.15) is 0 Å². The van der Waals surface area contributed by atoms with E-state index in [0.717, 1.165) is 0 Å². The van der Waals surface area contributed by atoms with Gasteiger partial charge in [0.15, 0.2) is 0 Å². The first-order valence-electron chi connectivity index (χ1n) is 4.46. The van der Waals surface area contributed by atoms with Gasteiger partial charge in [-0.2, -0.15) is 4.39 Å². The maximum absolute atomic E-state index is 13.6. The molecule has 0 unspecified atom stereocenters. The van der Waals surface area contributed by atoms with Crippen molar-refractivity contribution in [2.45, 2.75) is 0 Å². The Labute approximate surface area is 117 Å². The van der Waals surface area contributed by atoms with Gasteiger partial charge in [0.25, 0.3) is 0 Å². The van der Waals surface area contributed by atoms with E-state index in [2.05, 4.69) is 4.98 Å². The molecule has 1 aromatic carbocycles. The van der Waals surface area contributed by atoms with Crippen LogP contribution in [0.3, 0.4) is 0 Å². The molecule has 0 atom stereocenters. The van der Waals surface area contributed by atoms with Gasteiger partial charge in [0, 0.05) is 16.1 Å². The summed E-state index contributed by atoms with van der Waals surface area (Å²) in [5.74, 6) is -0.724. The smallest absolute Gasteiger partial charge is 0.207 e. The number of halogens is 5. The predicted molar refractivity (Wildman–Crippen MR) is 69.7 cm³/mol. The van der Waals surface area contributed by atoms with E-state index in [0.29, 0.717) is 10.6 Å². The van der Waals surface area contributed by atoms with Gasteiger partial charge < -0.3 is 0 Å². The molecule has 0 saturated carbocycles. The molecule has 1 nitrogen and oxygen atoms in total. The summed E-state index contributed by atoms with van der Waals surface area (Å²) < 4.78 is 13.6. The second kappa shape index (κ2) is 4.99. The van der Waals surface area contributed by atoms with Crippen molar-refractivity contribution in [2.24, 2.45) is 0 Å². The highest BCUT2D eigenvalue weighted by atomic mass is 35.5. The molecule has 0 spiro atoms. The average molecular weight is 311 g/mol. The minimum absolute atomic E-state index is 0.0653. The van der Waals surface area contributed by atoms with E-state index in [9.17, 15) is 4.39 Å². The van der Waals surface area contributed by atoms with Crippen LogP contribution in [0.15, 0.2) is 24.3 Å². The lowest BCUT2D eigenvalue weighted by molar-refractivity contribution is 0.588. The van der Waals surface area contributed by atoms with E-state index in [1.165, 1.54) is 24.3 Å². The summed E-state index contributed by atoms with van der Waals surface area (Å²) in [6, 6.07) is 5.93. The van der Waals surface area contributed by atoms with Crippen molar-refractivity contribution in [1.29, 1.82) is 0 Å². The Bertz CT molecular complexity index is 586. The van der Waals surface area contributed by atoms with E-state index in [-0.39, 0.29) is 20.8 Å². The summed E-state index contributed by atoms with van der Waals surface area (Å²) in [6.45, 7) is 0. The third kappa shape index (κ3) is 2.66. The molecule has 0 radical (unpaired) electrons. The lowest BCUT2D eigenvalue weighted by Crippen LogP contribution is -1.90. The number of nitrogens with zero attached hydrogens (tertiary/aromatic N) is 1. The third-order valence-corrected chi connectivity index (χ3v) is 3.33. The largest absolute Gasteiger partial charge is 0.222 e. The van der Waals surface area contributed by atoms with Gasteiger partial charge in [0.2, 0.25) is 5.95 Å². The summed E-state index contributed by atoms with van der Waals surface area (Å²) >= 11 is 23.3. The maximum atomic E-state index is 13.6. The number of hydrogen-bond acceptors (Lipinski definition) is 1. The van der Waals surface area contributed by atoms with Gasteiger partial charge >= 0.3 is 0 Å². The van der Waals surface area contributed by atoms with Crippen LogP contribution in [0.25, 0.3) is 11.1 Å². The Morgan fingerprint density at radius 1 is 0.941 bits per heavy atom. The molecule has 0 saturated heterocycles. The number of pyridine rings is 1. The Morgan fingerprint density at radius 3 is 2.29 bits per heavy atom. The Balaban J connectivity index is 2.68. The summed E-state index contributed by atoms with van der Waals surface area (Å²) in [7, 11) is 0. The van der Waals surface area contributed by atoms with Crippen LogP contribution < -0.4 is 0 Å². The Kier molecular flexibility index (Phi) is 3.79. The highest BCUT2D eigenvalue weighted by molar-refractivity contribution is 6.45. The van der Waals surface area contributed by atoms with Gasteiger partial charge in [-0.1, -0.05) is 46.4 Å². The van der Waals surface area contributed by atoms with Crippen LogP contribution >= 0.6 is 46.4 Å². The van der Waals surface area contributed by atoms with Crippen LogP contribution in [0.2, 0.25) is 20.2 Å². The van der Waals surface area contributed by atoms with Crippen LogP contribution in [0.4, 0.5) is 4.39 Å². The fourth-order valence-electron chi connectivity index (χ4n) is 1.37. The van der Waals surface area contributed by atoms with Crippen LogP contribution in [0, 0.1) is 5.95 Å². The Hall–Kier alpha value is -0.540.